The molecule has 0 saturated heterocycles. The molecule has 0 spiro atoms. The Morgan fingerprint density at radius 3 is 2.33 bits per heavy atom. The number of aliphatic hydroxyl groups is 1. The fraction of sp³-hybridized carbons (Fsp3) is 0.667. The largest absolute Gasteiger partial charge is 0.378 e. The van der Waals surface area contributed by atoms with Crippen LogP contribution < -0.4 is 5.73 Å². The molecule has 0 aromatic rings. The number of nitrogens with two attached hydrogens (primary N) is 1. The maximum absolute atomic E-state index is 8.76. The Hall–Kier alpha value is -0.850. The standard InChI is InChI=1S/C7H14N2O.C2H4/c8-5-3-1-2-4-7(10)6-9;1-2/h7,10H,1-5,8H2;1-2H2. The van der Waals surface area contributed by atoms with Gasteiger partial charge >= 0.3 is 0 Å². The Bertz CT molecular complexity index is 120. The van der Waals surface area contributed by atoms with Crippen LogP contribution in [0.1, 0.15) is 25.7 Å². The first-order valence-electron chi connectivity index (χ1n) is 4.09. The summed E-state index contributed by atoms with van der Waals surface area (Å²) in [7, 11) is 0. The van der Waals surface area contributed by atoms with Gasteiger partial charge in [-0.25, -0.2) is 0 Å². The highest BCUT2D eigenvalue weighted by molar-refractivity contribution is 4.81. The van der Waals surface area contributed by atoms with Gasteiger partial charge in [0.05, 0.1) is 6.07 Å². The monoisotopic (exact) mass is 170 g/mol. The Kier molecular flexibility index (Phi) is 14.6. The molecule has 12 heavy (non-hydrogen) atoms. The molecule has 1 atom stereocenters. The molecule has 0 aromatic carbocycles. The lowest BCUT2D eigenvalue weighted by Gasteiger charge is -1.99. The summed E-state index contributed by atoms with van der Waals surface area (Å²) in [4.78, 5) is 0. The van der Waals surface area contributed by atoms with Gasteiger partial charge in [-0.3, -0.25) is 0 Å². The zero-order valence-corrected chi connectivity index (χ0v) is 7.50. The molecule has 3 nitrogen and oxygen atoms in total. The van der Waals surface area contributed by atoms with Crippen LogP contribution in [-0.4, -0.2) is 17.8 Å². The molecule has 3 N–H and O–H groups in total. The van der Waals surface area contributed by atoms with E-state index in [0.29, 0.717) is 13.0 Å². The molecule has 0 amide bonds. The number of nitrogens with zero attached hydrogens (tertiary/aromatic N) is 1. The van der Waals surface area contributed by atoms with Crippen molar-refractivity contribution in [2.75, 3.05) is 6.54 Å². The molecule has 0 fully saturated rings. The maximum atomic E-state index is 8.76. The number of nitriles is 1. The molecule has 0 bridgehead atoms. The number of hydrogen-bond acceptors (Lipinski definition) is 3. The summed E-state index contributed by atoms with van der Waals surface area (Å²) in [6.45, 7) is 6.70. The van der Waals surface area contributed by atoms with Crippen LogP contribution in [0.3, 0.4) is 0 Å². The first-order valence-corrected chi connectivity index (χ1v) is 4.09. The van der Waals surface area contributed by atoms with Gasteiger partial charge in [-0.15, -0.1) is 13.2 Å². The fourth-order valence-electron chi connectivity index (χ4n) is 0.723. The van der Waals surface area contributed by atoms with Crippen molar-refractivity contribution < 1.29 is 5.11 Å². The summed E-state index contributed by atoms with van der Waals surface area (Å²) in [5.74, 6) is 0. The quantitative estimate of drug-likeness (QED) is 0.370. The second-order valence-electron chi connectivity index (χ2n) is 2.28. The van der Waals surface area contributed by atoms with E-state index in [1.807, 2.05) is 0 Å². The van der Waals surface area contributed by atoms with Crippen LogP contribution in [0.15, 0.2) is 13.2 Å². The van der Waals surface area contributed by atoms with Crippen molar-refractivity contribution >= 4 is 0 Å². The van der Waals surface area contributed by atoms with Crippen molar-refractivity contribution in [2.45, 2.75) is 31.8 Å². The smallest absolute Gasteiger partial charge is 0.140 e. The van der Waals surface area contributed by atoms with Crippen LogP contribution in [-0.2, 0) is 0 Å². The third-order valence-electron chi connectivity index (χ3n) is 1.33. The highest BCUT2D eigenvalue weighted by Gasteiger charge is 1.98. The first-order chi connectivity index (χ1) is 5.81. The molecule has 70 valence electrons. The average Bonchev–Trinajstić information content (AvgIpc) is 2.15. The van der Waals surface area contributed by atoms with E-state index in [9.17, 15) is 0 Å². The van der Waals surface area contributed by atoms with Gasteiger partial charge in [0.25, 0.3) is 0 Å². The molecule has 0 aliphatic heterocycles. The van der Waals surface area contributed by atoms with Gasteiger partial charge in [-0.2, -0.15) is 5.26 Å². The summed E-state index contributed by atoms with van der Waals surface area (Å²) in [6.07, 6.45) is 2.69. The number of unbranched alkanes of at least 4 members (excludes halogenated alkanes) is 2. The van der Waals surface area contributed by atoms with Crippen LogP contribution in [0.4, 0.5) is 0 Å². The van der Waals surface area contributed by atoms with Gasteiger partial charge < -0.3 is 10.8 Å². The third-order valence-corrected chi connectivity index (χ3v) is 1.33. The Morgan fingerprint density at radius 2 is 1.92 bits per heavy atom. The molecule has 0 heterocycles. The van der Waals surface area contributed by atoms with E-state index in [1.54, 1.807) is 6.07 Å². The van der Waals surface area contributed by atoms with E-state index < -0.39 is 6.10 Å². The molecule has 0 aromatic heterocycles. The van der Waals surface area contributed by atoms with E-state index in [2.05, 4.69) is 13.2 Å². The van der Waals surface area contributed by atoms with Crippen LogP contribution in [0.25, 0.3) is 0 Å². The number of rotatable bonds is 5. The molecular weight excluding hydrogens is 152 g/mol. The predicted octanol–water partition coefficient (Wildman–Crippen LogP) is 1.19. The summed E-state index contributed by atoms with van der Waals surface area (Å²) in [5.41, 5.74) is 5.25. The van der Waals surface area contributed by atoms with Crippen molar-refractivity contribution in [3.8, 4) is 6.07 Å². The van der Waals surface area contributed by atoms with Crippen LogP contribution in [0.2, 0.25) is 0 Å². The normalized spacial score (nSPS) is 10.8. The molecule has 1 unspecified atom stereocenters. The van der Waals surface area contributed by atoms with E-state index in [0.717, 1.165) is 19.3 Å². The Labute approximate surface area is 74.5 Å². The first kappa shape index (κ1) is 13.7. The van der Waals surface area contributed by atoms with Gasteiger partial charge in [0.15, 0.2) is 0 Å². The van der Waals surface area contributed by atoms with Gasteiger partial charge in [0, 0.05) is 0 Å². The summed E-state index contributed by atoms with van der Waals surface area (Å²) in [6, 6.07) is 1.77. The van der Waals surface area contributed by atoms with Gasteiger partial charge in [0.1, 0.15) is 6.10 Å². The lowest BCUT2D eigenvalue weighted by Crippen LogP contribution is -2.03. The zero-order valence-electron chi connectivity index (χ0n) is 7.50. The Morgan fingerprint density at radius 1 is 1.33 bits per heavy atom. The molecule has 0 saturated carbocycles. The molecule has 3 heteroatoms. The van der Waals surface area contributed by atoms with Crippen molar-refractivity contribution in [2.24, 2.45) is 5.73 Å². The van der Waals surface area contributed by atoms with E-state index in [1.165, 1.54) is 0 Å². The minimum Gasteiger partial charge on any atom is -0.378 e. The van der Waals surface area contributed by atoms with Gasteiger partial charge in [-0.1, -0.05) is 6.42 Å². The van der Waals surface area contributed by atoms with E-state index in [-0.39, 0.29) is 0 Å². The van der Waals surface area contributed by atoms with Gasteiger partial charge in [0.2, 0.25) is 0 Å². The molecule has 0 rings (SSSR count). The van der Waals surface area contributed by atoms with Crippen LogP contribution >= 0.6 is 0 Å². The second kappa shape index (κ2) is 12.8. The van der Waals surface area contributed by atoms with E-state index in [4.69, 9.17) is 16.1 Å². The second-order valence-corrected chi connectivity index (χ2v) is 2.28. The minimum atomic E-state index is -0.780. The number of hydrogen-bond donors (Lipinski definition) is 2. The zero-order chi connectivity index (χ0) is 9.82. The van der Waals surface area contributed by atoms with Crippen molar-refractivity contribution in [1.82, 2.24) is 0 Å². The third kappa shape index (κ3) is 11.9. The molecule has 0 aliphatic rings. The molecule has 0 radical (unpaired) electrons. The van der Waals surface area contributed by atoms with Gasteiger partial charge in [-0.05, 0) is 25.8 Å². The van der Waals surface area contributed by atoms with Crippen LogP contribution in [0, 0.1) is 11.3 Å². The van der Waals surface area contributed by atoms with Crippen molar-refractivity contribution in [1.29, 1.82) is 5.26 Å². The molecule has 0 aliphatic carbocycles. The highest BCUT2D eigenvalue weighted by atomic mass is 16.3. The summed E-state index contributed by atoms with van der Waals surface area (Å²) in [5, 5.41) is 16.9. The lowest BCUT2D eigenvalue weighted by atomic mass is 10.1. The fourth-order valence-corrected chi connectivity index (χ4v) is 0.723. The maximum Gasteiger partial charge on any atom is 0.140 e. The number of aliphatic hydroxyl groups excluding tert-OH is 1. The van der Waals surface area contributed by atoms with Crippen molar-refractivity contribution in [3.05, 3.63) is 13.2 Å². The Balaban J connectivity index is 0. The highest BCUT2D eigenvalue weighted by Crippen LogP contribution is 2.01. The minimum absolute atomic E-state index is 0.580. The topological polar surface area (TPSA) is 70.0 Å². The predicted molar refractivity (Wildman–Crippen MR) is 50.4 cm³/mol. The van der Waals surface area contributed by atoms with Crippen LogP contribution in [0.5, 0.6) is 0 Å². The summed E-state index contributed by atoms with van der Waals surface area (Å²) < 4.78 is 0. The van der Waals surface area contributed by atoms with Crippen molar-refractivity contribution in [3.63, 3.8) is 0 Å². The average molecular weight is 170 g/mol. The molecular formula is C9H18N2O. The summed E-state index contributed by atoms with van der Waals surface area (Å²) >= 11 is 0. The SMILES string of the molecule is C=C.N#CC(O)CCCCCN. The van der Waals surface area contributed by atoms with E-state index >= 15 is 0 Å². The lowest BCUT2D eigenvalue weighted by molar-refractivity contribution is 0.215.